The van der Waals surface area contributed by atoms with Gasteiger partial charge in [-0.1, -0.05) is 65.7 Å². The minimum atomic E-state index is -3.98. The van der Waals surface area contributed by atoms with Crippen LogP contribution < -0.4 is 9.62 Å². The average Bonchev–Trinajstić information content (AvgIpc) is 2.87. The number of halogens is 3. The second-order valence-electron chi connectivity index (χ2n) is 8.62. The summed E-state index contributed by atoms with van der Waals surface area (Å²) in [4.78, 5) is 28.5. The first kappa shape index (κ1) is 29.4. The van der Waals surface area contributed by atoms with E-state index in [4.69, 9.17) is 23.2 Å². The number of anilines is 1. The van der Waals surface area contributed by atoms with Gasteiger partial charge >= 0.3 is 0 Å². The maximum absolute atomic E-state index is 13.8. The number of amides is 2. The van der Waals surface area contributed by atoms with Crippen LogP contribution in [0, 0.1) is 5.82 Å². The fraction of sp³-hybridized carbons (Fsp3) is 0.259. The smallest absolute Gasteiger partial charge is 0.244 e. The van der Waals surface area contributed by atoms with Crippen molar-refractivity contribution >= 4 is 50.7 Å². The molecule has 0 saturated heterocycles. The van der Waals surface area contributed by atoms with Crippen molar-refractivity contribution in [1.29, 1.82) is 0 Å². The molecule has 3 aromatic carbocycles. The van der Waals surface area contributed by atoms with Gasteiger partial charge in [0.15, 0.2) is 0 Å². The third-order valence-corrected chi connectivity index (χ3v) is 7.44. The van der Waals surface area contributed by atoms with Gasteiger partial charge in [-0.15, -0.1) is 0 Å². The maximum Gasteiger partial charge on any atom is 0.244 e. The lowest BCUT2D eigenvalue weighted by molar-refractivity contribution is -0.140. The molecule has 38 heavy (non-hydrogen) atoms. The van der Waals surface area contributed by atoms with Crippen LogP contribution in [0.3, 0.4) is 0 Å². The summed E-state index contributed by atoms with van der Waals surface area (Å²) in [6, 6.07) is 18.4. The number of rotatable bonds is 11. The average molecular weight is 581 g/mol. The lowest BCUT2D eigenvalue weighted by Crippen LogP contribution is -2.53. The van der Waals surface area contributed by atoms with Gasteiger partial charge in [0, 0.05) is 24.5 Å². The molecule has 0 saturated carbocycles. The Morgan fingerprint density at radius 1 is 0.974 bits per heavy atom. The van der Waals surface area contributed by atoms with E-state index in [-0.39, 0.29) is 29.6 Å². The molecule has 7 nitrogen and oxygen atoms in total. The molecule has 11 heteroatoms. The fourth-order valence-electron chi connectivity index (χ4n) is 3.89. The Morgan fingerprint density at radius 2 is 1.63 bits per heavy atom. The van der Waals surface area contributed by atoms with Crippen LogP contribution in [-0.2, 0) is 32.6 Å². The molecule has 3 aromatic rings. The van der Waals surface area contributed by atoms with Crippen LogP contribution in [-0.4, -0.2) is 50.5 Å². The zero-order chi connectivity index (χ0) is 27.9. The van der Waals surface area contributed by atoms with Crippen molar-refractivity contribution in [2.75, 3.05) is 23.7 Å². The standard InChI is InChI=1S/C27H28Cl2FN3O4S/c1-3-31-27(35)25(15-19-7-5-4-6-8-19)32(17-20-9-11-21(28)12-10-20)26(34)18-33(38(2,36)37)22-13-14-24(30)23(29)16-22/h4-14,16,25H,3,15,17-18H2,1-2H3,(H,31,35)/t25-/m0/s1. The first-order valence-corrected chi connectivity index (χ1v) is 14.4. The number of hydrogen-bond acceptors (Lipinski definition) is 4. The van der Waals surface area contributed by atoms with Crippen LogP contribution in [0.1, 0.15) is 18.1 Å². The van der Waals surface area contributed by atoms with E-state index in [1.807, 2.05) is 30.3 Å². The highest BCUT2D eigenvalue weighted by Crippen LogP contribution is 2.25. The van der Waals surface area contributed by atoms with Crippen molar-refractivity contribution in [1.82, 2.24) is 10.2 Å². The molecule has 0 fully saturated rings. The van der Waals surface area contributed by atoms with Gasteiger partial charge in [0.2, 0.25) is 21.8 Å². The van der Waals surface area contributed by atoms with Gasteiger partial charge in [0.1, 0.15) is 18.4 Å². The van der Waals surface area contributed by atoms with E-state index < -0.39 is 34.3 Å². The Kier molecular flexibility index (Phi) is 10.1. The molecule has 2 amide bonds. The van der Waals surface area contributed by atoms with Crippen LogP contribution in [0.5, 0.6) is 0 Å². The van der Waals surface area contributed by atoms with Gasteiger partial charge in [-0.2, -0.15) is 0 Å². The number of carbonyl (C=O) groups is 2. The number of nitrogens with one attached hydrogen (secondary N) is 1. The summed E-state index contributed by atoms with van der Waals surface area (Å²) in [6.07, 6.45) is 1.14. The van der Waals surface area contributed by atoms with E-state index in [0.717, 1.165) is 28.3 Å². The fourth-order valence-corrected chi connectivity index (χ4v) is 5.03. The topological polar surface area (TPSA) is 86.8 Å². The highest BCUT2D eigenvalue weighted by Gasteiger charge is 2.33. The number of hydrogen-bond donors (Lipinski definition) is 1. The van der Waals surface area contributed by atoms with Crippen LogP contribution in [0.25, 0.3) is 0 Å². The molecule has 1 N–H and O–H groups in total. The third-order valence-electron chi connectivity index (χ3n) is 5.76. The summed E-state index contributed by atoms with van der Waals surface area (Å²) >= 11 is 11.9. The lowest BCUT2D eigenvalue weighted by Gasteiger charge is -2.33. The largest absolute Gasteiger partial charge is 0.355 e. The Balaban J connectivity index is 2.04. The van der Waals surface area contributed by atoms with Crippen molar-refractivity contribution in [3.05, 3.63) is 99.8 Å². The number of carbonyl (C=O) groups excluding carboxylic acids is 2. The Labute approximate surface area is 232 Å². The second kappa shape index (κ2) is 13.1. The molecule has 0 unspecified atom stereocenters. The number of likely N-dealkylation sites (N-methyl/N-ethyl adjacent to an activating group) is 1. The minimum absolute atomic E-state index is 0.0203. The zero-order valence-corrected chi connectivity index (χ0v) is 23.2. The number of sulfonamides is 1. The van der Waals surface area contributed by atoms with E-state index in [1.54, 1.807) is 31.2 Å². The first-order chi connectivity index (χ1) is 18.0. The van der Waals surface area contributed by atoms with E-state index in [1.165, 1.54) is 11.0 Å². The van der Waals surface area contributed by atoms with Gasteiger partial charge in [0.05, 0.1) is 17.0 Å². The van der Waals surface area contributed by atoms with Crippen LogP contribution in [0.15, 0.2) is 72.8 Å². The highest BCUT2D eigenvalue weighted by molar-refractivity contribution is 7.92. The molecule has 3 rings (SSSR count). The monoisotopic (exact) mass is 579 g/mol. The minimum Gasteiger partial charge on any atom is -0.355 e. The molecule has 0 heterocycles. The molecular formula is C27H28Cl2FN3O4S. The van der Waals surface area contributed by atoms with Crippen LogP contribution in [0.4, 0.5) is 10.1 Å². The molecule has 0 radical (unpaired) electrons. The molecule has 0 aliphatic heterocycles. The molecule has 0 aromatic heterocycles. The molecule has 0 aliphatic carbocycles. The van der Waals surface area contributed by atoms with Crippen LogP contribution in [0.2, 0.25) is 10.0 Å². The van der Waals surface area contributed by atoms with Crippen molar-refractivity contribution in [3.8, 4) is 0 Å². The van der Waals surface area contributed by atoms with Gasteiger partial charge in [-0.3, -0.25) is 13.9 Å². The van der Waals surface area contributed by atoms with E-state index in [0.29, 0.717) is 17.1 Å². The zero-order valence-electron chi connectivity index (χ0n) is 20.9. The van der Waals surface area contributed by atoms with Gasteiger partial charge < -0.3 is 10.2 Å². The van der Waals surface area contributed by atoms with Gasteiger partial charge in [0.25, 0.3) is 0 Å². The summed E-state index contributed by atoms with van der Waals surface area (Å²) in [5, 5.41) is 3.00. The Bertz CT molecular complexity index is 1370. The summed E-state index contributed by atoms with van der Waals surface area (Å²) in [5.74, 6) is -1.73. The lowest BCUT2D eigenvalue weighted by atomic mass is 10.0. The summed E-state index contributed by atoms with van der Waals surface area (Å²) in [6.45, 7) is 1.51. The number of nitrogens with zero attached hydrogens (tertiary/aromatic N) is 2. The quantitative estimate of drug-likeness (QED) is 0.357. The summed E-state index contributed by atoms with van der Waals surface area (Å²) in [7, 11) is -3.98. The normalized spacial score (nSPS) is 12.0. The predicted molar refractivity (Wildman–Crippen MR) is 148 cm³/mol. The molecular weight excluding hydrogens is 552 g/mol. The maximum atomic E-state index is 13.8. The summed E-state index contributed by atoms with van der Waals surface area (Å²) < 4.78 is 40.0. The summed E-state index contributed by atoms with van der Waals surface area (Å²) in [5.41, 5.74) is 1.54. The highest BCUT2D eigenvalue weighted by atomic mass is 35.5. The molecule has 0 bridgehead atoms. The SMILES string of the molecule is CCNC(=O)[C@H](Cc1ccccc1)N(Cc1ccc(Cl)cc1)C(=O)CN(c1ccc(F)c(Cl)c1)S(C)(=O)=O. The van der Waals surface area contributed by atoms with E-state index in [9.17, 15) is 22.4 Å². The van der Waals surface area contributed by atoms with Crippen molar-refractivity contribution < 1.29 is 22.4 Å². The third kappa shape index (κ3) is 7.93. The first-order valence-electron chi connectivity index (χ1n) is 11.8. The van der Waals surface area contributed by atoms with Crippen LogP contribution >= 0.6 is 23.2 Å². The Hall–Kier alpha value is -3.14. The molecule has 1 atom stereocenters. The Morgan fingerprint density at radius 3 is 2.21 bits per heavy atom. The van der Waals surface area contributed by atoms with Crippen molar-refractivity contribution in [2.45, 2.75) is 25.9 Å². The predicted octanol–water partition coefficient (Wildman–Crippen LogP) is 4.67. The molecule has 202 valence electrons. The van der Waals surface area contributed by atoms with Gasteiger partial charge in [-0.05, 0) is 48.4 Å². The molecule has 0 aliphatic rings. The van der Waals surface area contributed by atoms with E-state index in [2.05, 4.69) is 5.32 Å². The van der Waals surface area contributed by atoms with Gasteiger partial charge in [-0.25, -0.2) is 12.8 Å². The molecule has 0 spiro atoms. The van der Waals surface area contributed by atoms with Crippen molar-refractivity contribution in [2.24, 2.45) is 0 Å². The number of benzene rings is 3. The second-order valence-corrected chi connectivity index (χ2v) is 11.4. The van der Waals surface area contributed by atoms with Crippen molar-refractivity contribution in [3.63, 3.8) is 0 Å². The van der Waals surface area contributed by atoms with E-state index >= 15 is 0 Å².